The number of hydrogen-bond acceptors (Lipinski definition) is 4. The average molecular weight is 508 g/mol. The van der Waals surface area contributed by atoms with E-state index in [1.807, 2.05) is 19.9 Å². The third-order valence-electron chi connectivity index (χ3n) is 5.87. The molecule has 184 valence electrons. The van der Waals surface area contributed by atoms with Crippen molar-refractivity contribution in [1.82, 2.24) is 10.3 Å². The highest BCUT2D eigenvalue weighted by Gasteiger charge is 2.43. The first-order valence-corrected chi connectivity index (χ1v) is 11.1. The average Bonchev–Trinajstić information content (AvgIpc) is 3.09. The fourth-order valence-electron chi connectivity index (χ4n) is 4.25. The van der Waals surface area contributed by atoms with Gasteiger partial charge in [0.05, 0.1) is 12.1 Å². The van der Waals surface area contributed by atoms with Crippen LogP contribution in [-0.2, 0) is 10.3 Å². The van der Waals surface area contributed by atoms with Crippen molar-refractivity contribution in [3.05, 3.63) is 89.0 Å². The zero-order valence-electron chi connectivity index (χ0n) is 18.8. The van der Waals surface area contributed by atoms with Crippen LogP contribution >= 0.6 is 11.6 Å². The Hall–Kier alpha value is -3.17. The predicted molar refractivity (Wildman–Crippen MR) is 124 cm³/mol. The molecule has 3 aromatic rings. The second kappa shape index (κ2) is 9.47. The number of anilines is 1. The predicted octanol–water partition coefficient (Wildman–Crippen LogP) is 6.14. The number of nitrogens with zero attached hydrogens (tertiary/aromatic N) is 2. The number of alkyl halides is 3. The molecule has 0 spiro atoms. The summed E-state index contributed by atoms with van der Waals surface area (Å²) in [6.07, 6.45) is -2.89. The van der Waals surface area contributed by atoms with Crippen LogP contribution in [0.2, 0.25) is 5.15 Å². The van der Waals surface area contributed by atoms with E-state index in [-0.39, 0.29) is 5.91 Å². The van der Waals surface area contributed by atoms with Gasteiger partial charge in [0.15, 0.2) is 0 Å². The lowest BCUT2D eigenvalue weighted by Gasteiger charge is -2.30. The molecule has 2 atom stereocenters. The third-order valence-corrected chi connectivity index (χ3v) is 6.10. The number of amides is 1. The molecule has 0 unspecified atom stereocenters. The van der Waals surface area contributed by atoms with Gasteiger partial charge in [0.25, 0.3) is 0 Å². The van der Waals surface area contributed by atoms with E-state index in [4.69, 9.17) is 11.6 Å². The minimum Gasteiger partial charge on any atom is -0.406 e. The molecular weight excluding hydrogens is 486 g/mol. The summed E-state index contributed by atoms with van der Waals surface area (Å²) < 4.78 is 55.6. The number of carbonyl (C=O) groups excluding carboxylic acids is 1. The fraction of sp³-hybridized carbons (Fsp3) is 0.280. The molecular formula is C25H22ClF4N3O2. The van der Waals surface area contributed by atoms with Crippen molar-refractivity contribution in [2.24, 2.45) is 0 Å². The first kappa shape index (κ1) is 24.9. The maximum Gasteiger partial charge on any atom is 0.573 e. The van der Waals surface area contributed by atoms with Gasteiger partial charge in [0, 0.05) is 17.4 Å². The zero-order valence-corrected chi connectivity index (χ0v) is 19.6. The molecule has 10 heteroatoms. The van der Waals surface area contributed by atoms with Crippen molar-refractivity contribution in [3.8, 4) is 5.75 Å². The van der Waals surface area contributed by atoms with E-state index in [0.717, 1.165) is 17.7 Å². The second-order valence-electron chi connectivity index (χ2n) is 8.75. The smallest absolute Gasteiger partial charge is 0.406 e. The minimum absolute atomic E-state index is 0.293. The Morgan fingerprint density at radius 3 is 2.40 bits per heavy atom. The fourth-order valence-corrected chi connectivity index (χ4v) is 4.36. The number of benzene rings is 2. The van der Waals surface area contributed by atoms with Crippen LogP contribution in [0.1, 0.15) is 37.4 Å². The number of nitrogens with one attached hydrogen (secondary N) is 1. The normalized spacial score (nSPS) is 18.7. The van der Waals surface area contributed by atoms with Gasteiger partial charge in [-0.15, -0.1) is 13.2 Å². The zero-order chi connectivity index (χ0) is 25.4. The van der Waals surface area contributed by atoms with Crippen molar-refractivity contribution in [2.75, 3.05) is 4.90 Å². The first-order valence-electron chi connectivity index (χ1n) is 10.8. The maximum absolute atomic E-state index is 14.0. The Bertz CT molecular complexity index is 1200. The van der Waals surface area contributed by atoms with Gasteiger partial charge in [-0.25, -0.2) is 9.37 Å². The van der Waals surface area contributed by atoms with E-state index < -0.39 is 35.6 Å². The van der Waals surface area contributed by atoms with Crippen molar-refractivity contribution >= 4 is 23.2 Å². The van der Waals surface area contributed by atoms with Gasteiger partial charge in [0.1, 0.15) is 16.7 Å². The number of carbonyl (C=O) groups is 1. The quantitative estimate of drug-likeness (QED) is 0.321. The molecule has 2 heterocycles. The summed E-state index contributed by atoms with van der Waals surface area (Å²) in [5.74, 6) is -1.15. The molecule has 1 aliphatic rings. The molecule has 1 aliphatic heterocycles. The van der Waals surface area contributed by atoms with Crippen LogP contribution in [0.15, 0.2) is 66.9 Å². The van der Waals surface area contributed by atoms with Gasteiger partial charge in [-0.05, 0) is 73.9 Å². The minimum atomic E-state index is -4.83. The molecule has 1 N–H and O–H groups in total. The van der Waals surface area contributed by atoms with Crippen LogP contribution in [0.3, 0.4) is 0 Å². The molecule has 0 saturated carbocycles. The lowest BCUT2D eigenvalue weighted by atomic mass is 9.93. The number of hydrogen-bond donors (Lipinski definition) is 1. The highest BCUT2D eigenvalue weighted by atomic mass is 35.5. The number of aromatic nitrogens is 1. The Labute approximate surface area is 204 Å². The third kappa shape index (κ3) is 5.74. The summed E-state index contributed by atoms with van der Waals surface area (Å²) in [4.78, 5) is 19.1. The summed E-state index contributed by atoms with van der Waals surface area (Å²) in [6, 6.07) is 13.2. The van der Waals surface area contributed by atoms with Crippen LogP contribution in [-0.4, -0.2) is 23.3 Å². The van der Waals surface area contributed by atoms with Crippen LogP contribution < -0.4 is 15.0 Å². The van der Waals surface area contributed by atoms with Gasteiger partial charge in [-0.1, -0.05) is 29.8 Å². The van der Waals surface area contributed by atoms with Gasteiger partial charge in [-0.2, -0.15) is 0 Å². The molecule has 2 aromatic carbocycles. The van der Waals surface area contributed by atoms with E-state index in [2.05, 4.69) is 15.0 Å². The highest BCUT2D eigenvalue weighted by Crippen LogP contribution is 2.39. The highest BCUT2D eigenvalue weighted by molar-refractivity contribution is 6.29. The second-order valence-corrected chi connectivity index (χ2v) is 9.14. The van der Waals surface area contributed by atoms with Crippen molar-refractivity contribution < 1.29 is 27.1 Å². The van der Waals surface area contributed by atoms with Crippen molar-refractivity contribution in [1.29, 1.82) is 0 Å². The lowest BCUT2D eigenvalue weighted by molar-refractivity contribution is -0.274. The molecule has 5 nitrogen and oxygen atoms in total. The van der Waals surface area contributed by atoms with Crippen molar-refractivity contribution in [3.63, 3.8) is 0 Å². The Kier molecular flexibility index (Phi) is 6.75. The van der Waals surface area contributed by atoms with E-state index in [9.17, 15) is 22.4 Å². The van der Waals surface area contributed by atoms with Crippen LogP contribution in [0.4, 0.5) is 23.2 Å². The molecule has 1 fully saturated rings. The van der Waals surface area contributed by atoms with Crippen LogP contribution in [0.25, 0.3) is 0 Å². The number of rotatable bonds is 6. The monoisotopic (exact) mass is 507 g/mol. The van der Waals surface area contributed by atoms with E-state index in [0.29, 0.717) is 22.8 Å². The maximum atomic E-state index is 14.0. The first-order chi connectivity index (χ1) is 16.4. The summed E-state index contributed by atoms with van der Waals surface area (Å²) >= 11 is 5.89. The Balaban J connectivity index is 1.65. The molecule has 0 bridgehead atoms. The van der Waals surface area contributed by atoms with Crippen molar-refractivity contribution in [2.45, 2.75) is 44.3 Å². The topological polar surface area (TPSA) is 54.5 Å². The largest absolute Gasteiger partial charge is 0.573 e. The van der Waals surface area contributed by atoms with Gasteiger partial charge in [0.2, 0.25) is 5.91 Å². The standard InChI is InChI=1S/C25H22ClF4N3O2/c1-24(2,16-6-11-22(26)31-14-16)32-20-13-21(15-4-3-5-17(27)12-15)33(23(20)34)18-7-9-19(10-8-18)35-25(28,29)30/h3-12,14,20-21,32H,13H2,1-2H3/t20-,21-/m0/s1. The summed E-state index contributed by atoms with van der Waals surface area (Å²) in [6.45, 7) is 3.79. The van der Waals surface area contributed by atoms with Gasteiger partial charge < -0.3 is 9.64 Å². The molecule has 35 heavy (non-hydrogen) atoms. The van der Waals surface area contributed by atoms with Crippen LogP contribution in [0.5, 0.6) is 5.75 Å². The van der Waals surface area contributed by atoms with Crippen LogP contribution in [0, 0.1) is 5.82 Å². The number of ether oxygens (including phenoxy) is 1. The summed E-state index contributed by atoms with van der Waals surface area (Å²) in [5.41, 5.74) is 1.09. The van der Waals surface area contributed by atoms with E-state index in [1.54, 1.807) is 24.4 Å². The lowest BCUT2D eigenvalue weighted by Crippen LogP contribution is -2.47. The molecule has 0 aliphatic carbocycles. The SMILES string of the molecule is CC(C)(N[C@H]1C[C@@H](c2cccc(F)c2)N(c2ccc(OC(F)(F)F)cc2)C1=O)c1ccc(Cl)nc1. The molecule has 1 saturated heterocycles. The van der Waals surface area contributed by atoms with E-state index in [1.165, 1.54) is 29.2 Å². The Morgan fingerprint density at radius 2 is 1.80 bits per heavy atom. The number of pyridine rings is 1. The number of halogens is 5. The Morgan fingerprint density at radius 1 is 1.09 bits per heavy atom. The van der Waals surface area contributed by atoms with E-state index >= 15 is 0 Å². The van der Waals surface area contributed by atoms with Gasteiger partial charge >= 0.3 is 6.36 Å². The summed E-state index contributed by atoms with van der Waals surface area (Å²) in [5, 5.41) is 3.70. The van der Waals surface area contributed by atoms with Gasteiger partial charge in [-0.3, -0.25) is 10.1 Å². The molecule has 1 aromatic heterocycles. The summed E-state index contributed by atoms with van der Waals surface area (Å²) in [7, 11) is 0. The molecule has 0 radical (unpaired) electrons. The molecule has 1 amide bonds. The molecule has 4 rings (SSSR count).